The van der Waals surface area contributed by atoms with Gasteiger partial charge in [-0.15, -0.1) is 12.4 Å². The molecule has 0 amide bonds. The molecule has 3 aliphatic rings. The summed E-state index contributed by atoms with van der Waals surface area (Å²) >= 11 is 0. The first kappa shape index (κ1) is 21.5. The normalized spacial score (nSPS) is 26.1. The summed E-state index contributed by atoms with van der Waals surface area (Å²) in [5.41, 5.74) is 7.48. The molecule has 0 bridgehead atoms. The average molecular weight is 448 g/mol. The number of hydrogen-bond acceptors (Lipinski definition) is 3. The first-order chi connectivity index (χ1) is 15.2. The van der Waals surface area contributed by atoms with Gasteiger partial charge in [-0.25, -0.2) is 0 Å². The molecule has 166 valence electrons. The second kappa shape index (κ2) is 8.22. The number of ether oxygens (including phenoxy) is 1. The van der Waals surface area contributed by atoms with E-state index in [9.17, 15) is 5.11 Å². The van der Waals surface area contributed by atoms with Crippen molar-refractivity contribution < 1.29 is 9.84 Å². The summed E-state index contributed by atoms with van der Waals surface area (Å²) in [7, 11) is 1.69. The van der Waals surface area contributed by atoms with Crippen LogP contribution in [0.25, 0.3) is 0 Å². The molecule has 1 fully saturated rings. The van der Waals surface area contributed by atoms with Gasteiger partial charge >= 0.3 is 0 Å². The van der Waals surface area contributed by atoms with Crippen molar-refractivity contribution in [3.63, 3.8) is 0 Å². The third-order valence-electron chi connectivity index (χ3n) is 7.84. The Bertz CT molecular complexity index is 1150. The predicted molar refractivity (Wildman–Crippen MR) is 130 cm³/mol. The third kappa shape index (κ3) is 3.26. The van der Waals surface area contributed by atoms with Crippen molar-refractivity contribution in [1.29, 1.82) is 0 Å². The highest BCUT2D eigenvalue weighted by Crippen LogP contribution is 2.51. The molecule has 0 aromatic heterocycles. The molecular formula is C28H30ClNO2. The molecule has 1 aliphatic carbocycles. The highest BCUT2D eigenvalue weighted by Gasteiger charge is 2.46. The topological polar surface area (TPSA) is 32.7 Å². The Labute approximate surface area is 196 Å². The summed E-state index contributed by atoms with van der Waals surface area (Å²) in [6.07, 6.45) is 3.64. The Hall–Kier alpha value is -2.33. The molecule has 0 radical (unpaired) electrons. The molecule has 3 aromatic rings. The van der Waals surface area contributed by atoms with Crippen molar-refractivity contribution in [2.24, 2.45) is 0 Å². The van der Waals surface area contributed by atoms with Gasteiger partial charge in [0.1, 0.15) is 5.75 Å². The van der Waals surface area contributed by atoms with Crippen molar-refractivity contribution >= 4 is 12.4 Å². The van der Waals surface area contributed by atoms with Crippen LogP contribution in [-0.2, 0) is 18.4 Å². The minimum atomic E-state index is -0.869. The van der Waals surface area contributed by atoms with Crippen LogP contribution in [0.3, 0.4) is 0 Å². The van der Waals surface area contributed by atoms with E-state index in [1.54, 1.807) is 7.11 Å². The molecule has 2 heterocycles. The van der Waals surface area contributed by atoms with Gasteiger partial charge in [0.15, 0.2) is 0 Å². The van der Waals surface area contributed by atoms with Gasteiger partial charge in [0.2, 0.25) is 0 Å². The molecule has 6 rings (SSSR count). The van der Waals surface area contributed by atoms with Crippen LogP contribution in [0.1, 0.15) is 58.2 Å². The zero-order chi connectivity index (χ0) is 21.0. The van der Waals surface area contributed by atoms with E-state index in [4.69, 9.17) is 4.74 Å². The van der Waals surface area contributed by atoms with Crippen LogP contribution in [-0.4, -0.2) is 30.2 Å². The number of hydrogen-bond donors (Lipinski definition) is 1. The molecule has 1 N–H and O–H groups in total. The second-order valence-electron chi connectivity index (χ2n) is 9.37. The van der Waals surface area contributed by atoms with E-state index in [0.717, 1.165) is 43.7 Å². The molecule has 3 nitrogen and oxygen atoms in total. The van der Waals surface area contributed by atoms with Crippen molar-refractivity contribution in [2.45, 2.75) is 43.2 Å². The molecule has 4 heteroatoms. The average Bonchev–Trinajstić information content (AvgIpc) is 2.98. The van der Waals surface area contributed by atoms with Crippen molar-refractivity contribution in [3.05, 3.63) is 100 Å². The number of methoxy groups -OCH3 is 1. The number of aliphatic hydroxyl groups is 1. The molecule has 0 saturated carbocycles. The molecule has 2 aliphatic heterocycles. The molecule has 32 heavy (non-hydrogen) atoms. The minimum Gasteiger partial charge on any atom is -0.496 e. The molecule has 3 atom stereocenters. The van der Waals surface area contributed by atoms with E-state index in [2.05, 4.69) is 47.4 Å². The summed E-state index contributed by atoms with van der Waals surface area (Å²) in [5.74, 6) is 1.21. The van der Waals surface area contributed by atoms with E-state index in [1.165, 1.54) is 27.8 Å². The SMILES string of the molecule is COc1ccccc1[C@@]1(O)CCN2C[C@@H]3c4ccccc4CCc4cccc(c43)[C@H]2C1.Cl. The Balaban J connectivity index is 0.00000216. The predicted octanol–water partition coefficient (Wildman–Crippen LogP) is 5.39. The Morgan fingerprint density at radius 1 is 0.906 bits per heavy atom. The lowest BCUT2D eigenvalue weighted by Gasteiger charge is -2.49. The Kier molecular flexibility index (Phi) is 5.53. The van der Waals surface area contributed by atoms with Gasteiger partial charge < -0.3 is 9.84 Å². The third-order valence-corrected chi connectivity index (χ3v) is 7.84. The highest BCUT2D eigenvalue weighted by molar-refractivity contribution is 5.85. The van der Waals surface area contributed by atoms with Crippen LogP contribution < -0.4 is 4.74 Å². The minimum absolute atomic E-state index is 0. The quantitative estimate of drug-likeness (QED) is 0.572. The van der Waals surface area contributed by atoms with Gasteiger partial charge in [-0.3, -0.25) is 4.90 Å². The monoisotopic (exact) mass is 447 g/mol. The van der Waals surface area contributed by atoms with Crippen LogP contribution >= 0.6 is 12.4 Å². The molecular weight excluding hydrogens is 418 g/mol. The second-order valence-corrected chi connectivity index (χ2v) is 9.37. The number of fused-ring (bicyclic) bond motifs is 4. The Morgan fingerprint density at radius 2 is 1.62 bits per heavy atom. The smallest absolute Gasteiger partial charge is 0.124 e. The van der Waals surface area contributed by atoms with E-state index in [1.807, 2.05) is 24.3 Å². The Morgan fingerprint density at radius 3 is 2.50 bits per heavy atom. The van der Waals surface area contributed by atoms with Crippen molar-refractivity contribution in [1.82, 2.24) is 4.90 Å². The standard InChI is InChI=1S/C28H29NO2.ClH/c1-31-26-12-5-4-11-24(26)28(30)15-16-29-18-23-21-9-3-2-7-19(21)13-14-20-8-6-10-22(27(20)23)25(29)17-28;/h2-12,23,25,30H,13-18H2,1H3;1H/t23-,25-,28-;/m1./s1. The van der Waals surface area contributed by atoms with Crippen LogP contribution in [0, 0.1) is 0 Å². The number of benzene rings is 3. The number of piperidine rings is 1. The molecule has 1 saturated heterocycles. The summed E-state index contributed by atoms with van der Waals surface area (Å²) < 4.78 is 5.61. The van der Waals surface area contributed by atoms with Gasteiger partial charge in [-0.05, 0) is 53.1 Å². The van der Waals surface area contributed by atoms with Crippen LogP contribution in [0.2, 0.25) is 0 Å². The van der Waals surface area contributed by atoms with E-state index in [-0.39, 0.29) is 18.4 Å². The summed E-state index contributed by atoms with van der Waals surface area (Å²) in [4.78, 5) is 2.61. The number of para-hydroxylation sites is 1. The van der Waals surface area contributed by atoms with Crippen LogP contribution in [0.4, 0.5) is 0 Å². The van der Waals surface area contributed by atoms with Gasteiger partial charge in [0.05, 0.1) is 12.7 Å². The highest BCUT2D eigenvalue weighted by atomic mass is 35.5. The maximum Gasteiger partial charge on any atom is 0.124 e. The molecule has 0 unspecified atom stereocenters. The first-order valence-electron chi connectivity index (χ1n) is 11.5. The maximum atomic E-state index is 11.8. The van der Waals surface area contributed by atoms with Gasteiger partial charge in [0.25, 0.3) is 0 Å². The van der Waals surface area contributed by atoms with Crippen LogP contribution in [0.15, 0.2) is 66.7 Å². The first-order valence-corrected chi connectivity index (χ1v) is 11.5. The summed E-state index contributed by atoms with van der Waals surface area (Å²) in [5, 5.41) is 11.8. The van der Waals surface area contributed by atoms with Gasteiger partial charge in [0, 0.05) is 37.0 Å². The van der Waals surface area contributed by atoms with E-state index < -0.39 is 5.60 Å². The zero-order valence-electron chi connectivity index (χ0n) is 18.5. The number of nitrogens with zero attached hydrogens (tertiary/aromatic N) is 1. The fourth-order valence-electron chi connectivity index (χ4n) is 6.35. The number of aryl methyl sites for hydroxylation is 2. The van der Waals surface area contributed by atoms with Crippen molar-refractivity contribution in [2.75, 3.05) is 20.2 Å². The van der Waals surface area contributed by atoms with E-state index in [0.29, 0.717) is 12.3 Å². The maximum absolute atomic E-state index is 11.8. The summed E-state index contributed by atoms with van der Waals surface area (Å²) in [6, 6.07) is 24.1. The largest absolute Gasteiger partial charge is 0.496 e. The lowest BCUT2D eigenvalue weighted by atomic mass is 9.72. The lowest BCUT2D eigenvalue weighted by molar-refractivity contribution is -0.0583. The fourth-order valence-corrected chi connectivity index (χ4v) is 6.35. The summed E-state index contributed by atoms with van der Waals surface area (Å²) in [6.45, 7) is 1.93. The number of rotatable bonds is 2. The molecule has 3 aromatic carbocycles. The van der Waals surface area contributed by atoms with E-state index >= 15 is 0 Å². The lowest BCUT2D eigenvalue weighted by Crippen LogP contribution is -2.48. The van der Waals surface area contributed by atoms with Crippen molar-refractivity contribution in [3.8, 4) is 5.75 Å². The van der Waals surface area contributed by atoms with Crippen LogP contribution in [0.5, 0.6) is 5.75 Å². The number of halogens is 1. The fraction of sp³-hybridized carbons (Fsp3) is 0.357. The van der Waals surface area contributed by atoms with Gasteiger partial charge in [-0.2, -0.15) is 0 Å². The van der Waals surface area contributed by atoms with Gasteiger partial charge in [-0.1, -0.05) is 60.7 Å². The zero-order valence-corrected chi connectivity index (χ0v) is 19.3. The molecule has 0 spiro atoms.